The van der Waals surface area contributed by atoms with E-state index in [4.69, 9.17) is 10.5 Å². The fourth-order valence-electron chi connectivity index (χ4n) is 1.53. The van der Waals surface area contributed by atoms with E-state index >= 15 is 0 Å². The van der Waals surface area contributed by atoms with Gasteiger partial charge in [-0.1, -0.05) is 0 Å². The van der Waals surface area contributed by atoms with E-state index in [1.165, 1.54) is 4.90 Å². The Hall–Kier alpha value is -1.56. The van der Waals surface area contributed by atoms with Crippen molar-refractivity contribution >= 4 is 28.2 Å². The number of hydrogen-bond donors (Lipinski definition) is 1. The Morgan fingerprint density at radius 2 is 1.79 bits per heavy atom. The number of esters is 1. The van der Waals surface area contributed by atoms with Gasteiger partial charge < -0.3 is 15.4 Å². The van der Waals surface area contributed by atoms with Crippen LogP contribution in [-0.4, -0.2) is 36.5 Å². The van der Waals surface area contributed by atoms with E-state index in [-0.39, 0.29) is 5.91 Å². The molecule has 1 aromatic heterocycles. The summed E-state index contributed by atoms with van der Waals surface area (Å²) in [4.78, 5) is 26.0. The third-order valence-corrected chi connectivity index (χ3v) is 3.49. The number of anilines is 1. The fraction of sp³-hybridized carbons (Fsp3) is 0.538. The molecule has 106 valence electrons. The molecule has 1 aromatic rings. The van der Waals surface area contributed by atoms with Gasteiger partial charge in [-0.25, -0.2) is 4.79 Å². The summed E-state index contributed by atoms with van der Waals surface area (Å²) in [6, 6.07) is 0. The van der Waals surface area contributed by atoms with Gasteiger partial charge in [0, 0.05) is 14.1 Å². The molecule has 5 nitrogen and oxygen atoms in total. The molecule has 0 bridgehead atoms. The lowest BCUT2D eigenvalue weighted by molar-refractivity contribution is 0.00706. The van der Waals surface area contributed by atoms with Crippen LogP contribution in [0, 0.1) is 6.92 Å². The minimum atomic E-state index is -0.594. The van der Waals surface area contributed by atoms with E-state index in [9.17, 15) is 9.59 Å². The molecule has 1 heterocycles. The number of carbonyl (C=O) groups is 2. The van der Waals surface area contributed by atoms with Gasteiger partial charge in [-0.3, -0.25) is 4.79 Å². The molecule has 6 heteroatoms. The summed E-state index contributed by atoms with van der Waals surface area (Å²) in [5, 5.41) is 0.317. The summed E-state index contributed by atoms with van der Waals surface area (Å²) >= 11 is 1.12. The van der Waals surface area contributed by atoms with Crippen molar-refractivity contribution in [2.24, 2.45) is 0 Å². The molecule has 0 saturated heterocycles. The van der Waals surface area contributed by atoms with Gasteiger partial charge in [0.1, 0.15) is 10.6 Å². The number of rotatable bonds is 2. The molecule has 0 radical (unpaired) electrons. The van der Waals surface area contributed by atoms with Gasteiger partial charge in [-0.2, -0.15) is 0 Å². The van der Waals surface area contributed by atoms with Crippen LogP contribution in [0.2, 0.25) is 0 Å². The molecule has 2 N–H and O–H groups in total. The number of carbonyl (C=O) groups excluding carboxylic acids is 2. The quantitative estimate of drug-likeness (QED) is 0.846. The predicted molar refractivity (Wildman–Crippen MR) is 76.7 cm³/mol. The molecular weight excluding hydrogens is 264 g/mol. The molecule has 0 saturated carbocycles. The van der Waals surface area contributed by atoms with Crippen LogP contribution < -0.4 is 5.73 Å². The lowest BCUT2D eigenvalue weighted by Gasteiger charge is -2.19. The number of nitrogens with two attached hydrogens (primary N) is 1. The Morgan fingerprint density at radius 1 is 1.26 bits per heavy atom. The highest BCUT2D eigenvalue weighted by atomic mass is 32.1. The van der Waals surface area contributed by atoms with Crippen molar-refractivity contribution in [3.63, 3.8) is 0 Å². The summed E-state index contributed by atoms with van der Waals surface area (Å²) in [5.74, 6) is -0.652. The monoisotopic (exact) mass is 284 g/mol. The second-order valence-electron chi connectivity index (χ2n) is 5.50. The molecular formula is C13H20N2O3S. The largest absolute Gasteiger partial charge is 0.456 e. The van der Waals surface area contributed by atoms with Crippen LogP contribution in [0.15, 0.2) is 0 Å². The van der Waals surface area contributed by atoms with Gasteiger partial charge >= 0.3 is 5.97 Å². The molecule has 0 atom stereocenters. The molecule has 0 aliphatic heterocycles. The lowest BCUT2D eigenvalue weighted by atomic mass is 10.1. The smallest absolute Gasteiger partial charge is 0.341 e. The van der Waals surface area contributed by atoms with Crippen LogP contribution in [0.1, 0.15) is 46.4 Å². The highest BCUT2D eigenvalue weighted by Gasteiger charge is 2.27. The highest BCUT2D eigenvalue weighted by Crippen LogP contribution is 2.32. The van der Waals surface area contributed by atoms with Crippen LogP contribution in [0.4, 0.5) is 5.00 Å². The Labute approximate surface area is 117 Å². The molecule has 0 aliphatic carbocycles. The molecule has 0 fully saturated rings. The van der Waals surface area contributed by atoms with Crippen molar-refractivity contribution in [1.82, 2.24) is 4.90 Å². The van der Waals surface area contributed by atoms with E-state index in [0.29, 0.717) is 21.0 Å². The average molecular weight is 284 g/mol. The predicted octanol–water partition coefficient (Wildman–Crippen LogP) is 2.30. The summed E-state index contributed by atoms with van der Waals surface area (Å²) in [5.41, 5.74) is 6.13. The zero-order chi connectivity index (χ0) is 15.0. The zero-order valence-corrected chi connectivity index (χ0v) is 13.0. The van der Waals surface area contributed by atoms with E-state index in [1.54, 1.807) is 41.8 Å². The second-order valence-corrected chi connectivity index (χ2v) is 6.55. The number of nitrogen functional groups attached to an aromatic ring is 1. The first kappa shape index (κ1) is 15.5. The van der Waals surface area contributed by atoms with Gasteiger partial charge in [0.05, 0.1) is 10.4 Å². The minimum Gasteiger partial charge on any atom is -0.456 e. The topological polar surface area (TPSA) is 72.6 Å². The van der Waals surface area contributed by atoms with Crippen LogP contribution in [0.3, 0.4) is 0 Å². The van der Waals surface area contributed by atoms with Crippen molar-refractivity contribution in [3.05, 3.63) is 16.0 Å². The van der Waals surface area contributed by atoms with E-state index in [0.717, 1.165) is 11.3 Å². The third kappa shape index (κ3) is 3.47. The average Bonchev–Trinajstić information content (AvgIpc) is 2.50. The van der Waals surface area contributed by atoms with Gasteiger partial charge in [0.2, 0.25) is 0 Å². The normalized spacial score (nSPS) is 11.3. The number of hydrogen-bond acceptors (Lipinski definition) is 5. The van der Waals surface area contributed by atoms with Crippen molar-refractivity contribution in [2.45, 2.75) is 33.3 Å². The van der Waals surface area contributed by atoms with Crippen LogP contribution in [0.5, 0.6) is 0 Å². The van der Waals surface area contributed by atoms with Crippen molar-refractivity contribution < 1.29 is 14.3 Å². The first-order valence-electron chi connectivity index (χ1n) is 5.88. The number of amides is 1. The van der Waals surface area contributed by atoms with Gasteiger partial charge in [-0.05, 0) is 33.3 Å². The zero-order valence-electron chi connectivity index (χ0n) is 12.2. The molecule has 1 rings (SSSR count). The minimum absolute atomic E-state index is 0.163. The van der Waals surface area contributed by atoms with Crippen molar-refractivity contribution in [1.29, 1.82) is 0 Å². The maximum Gasteiger partial charge on any atom is 0.341 e. The van der Waals surface area contributed by atoms with Gasteiger partial charge in [0.15, 0.2) is 0 Å². The SMILES string of the molecule is Cc1c(C(=O)N(C)C)sc(N)c1C(=O)OC(C)(C)C. The molecule has 0 spiro atoms. The summed E-state index contributed by atoms with van der Waals surface area (Å²) < 4.78 is 5.30. The van der Waals surface area contributed by atoms with Gasteiger partial charge in [-0.15, -0.1) is 11.3 Å². The Bertz CT molecular complexity index is 513. The van der Waals surface area contributed by atoms with E-state index in [2.05, 4.69) is 0 Å². The van der Waals surface area contributed by atoms with Crippen molar-refractivity contribution in [2.75, 3.05) is 19.8 Å². The van der Waals surface area contributed by atoms with Crippen LogP contribution in [0.25, 0.3) is 0 Å². The molecule has 0 aliphatic rings. The Morgan fingerprint density at radius 3 is 2.21 bits per heavy atom. The number of ether oxygens (including phenoxy) is 1. The molecule has 19 heavy (non-hydrogen) atoms. The highest BCUT2D eigenvalue weighted by molar-refractivity contribution is 7.18. The fourth-order valence-corrected chi connectivity index (χ4v) is 2.61. The maximum absolute atomic E-state index is 12.1. The van der Waals surface area contributed by atoms with E-state index < -0.39 is 11.6 Å². The number of nitrogens with zero attached hydrogens (tertiary/aromatic N) is 1. The lowest BCUT2D eigenvalue weighted by Crippen LogP contribution is -2.25. The molecule has 1 amide bonds. The second kappa shape index (κ2) is 5.21. The Balaban J connectivity index is 3.18. The Kier molecular flexibility index (Phi) is 4.25. The summed E-state index contributed by atoms with van der Waals surface area (Å²) in [6.07, 6.45) is 0. The molecule has 0 aromatic carbocycles. The van der Waals surface area contributed by atoms with Crippen molar-refractivity contribution in [3.8, 4) is 0 Å². The van der Waals surface area contributed by atoms with Crippen LogP contribution >= 0.6 is 11.3 Å². The number of thiophene rings is 1. The van der Waals surface area contributed by atoms with Gasteiger partial charge in [0.25, 0.3) is 5.91 Å². The first-order valence-corrected chi connectivity index (χ1v) is 6.70. The maximum atomic E-state index is 12.1. The standard InChI is InChI=1S/C13H20N2O3S/c1-7-8(12(17)18-13(2,3)4)10(14)19-9(7)11(16)15(5)6/h14H2,1-6H3. The summed E-state index contributed by atoms with van der Waals surface area (Å²) in [7, 11) is 3.32. The third-order valence-electron chi connectivity index (χ3n) is 2.38. The van der Waals surface area contributed by atoms with Crippen LogP contribution in [-0.2, 0) is 4.74 Å². The van der Waals surface area contributed by atoms with E-state index in [1.807, 2.05) is 0 Å². The first-order chi connectivity index (χ1) is 8.54. The molecule has 0 unspecified atom stereocenters. The summed E-state index contributed by atoms with van der Waals surface area (Å²) in [6.45, 7) is 7.07.